The van der Waals surface area contributed by atoms with Crippen molar-refractivity contribution in [2.75, 3.05) is 26.5 Å². The molecule has 0 radical (unpaired) electrons. The van der Waals surface area contributed by atoms with Gasteiger partial charge in [-0.2, -0.15) is 13.2 Å². The Hall–Kier alpha value is -2.07. The molecule has 0 spiro atoms. The summed E-state index contributed by atoms with van der Waals surface area (Å²) in [4.78, 5) is 12.5. The summed E-state index contributed by atoms with van der Waals surface area (Å²) in [6.45, 7) is 8.85. The van der Waals surface area contributed by atoms with Gasteiger partial charge in [-0.25, -0.2) is 4.79 Å². The summed E-state index contributed by atoms with van der Waals surface area (Å²) in [7, 11) is 0. The zero-order valence-electron chi connectivity index (χ0n) is 23.3. The van der Waals surface area contributed by atoms with E-state index in [-0.39, 0.29) is 45.1 Å². The normalized spacial score (nSPS) is 17.2. The molecule has 6 nitrogen and oxygen atoms in total. The Kier molecular flexibility index (Phi) is 11.7. The highest BCUT2D eigenvalue weighted by Crippen LogP contribution is 2.38. The van der Waals surface area contributed by atoms with Crippen molar-refractivity contribution in [2.45, 2.75) is 109 Å². The summed E-state index contributed by atoms with van der Waals surface area (Å²) < 4.78 is 76.1. The maximum Gasteiger partial charge on any atom is 0.419 e. The van der Waals surface area contributed by atoms with Gasteiger partial charge in [0.05, 0.1) is 37.6 Å². The van der Waals surface area contributed by atoms with Gasteiger partial charge in [0.15, 0.2) is 5.79 Å². The van der Waals surface area contributed by atoms with Crippen molar-refractivity contribution in [3.8, 4) is 5.75 Å². The molecule has 0 aromatic heterocycles. The van der Waals surface area contributed by atoms with Gasteiger partial charge in [0, 0.05) is 0 Å². The maximum absolute atomic E-state index is 13.8. The molecule has 0 unspecified atom stereocenters. The van der Waals surface area contributed by atoms with Gasteiger partial charge in [-0.15, -0.1) is 0 Å². The number of hydrogen-bond acceptors (Lipinski definition) is 5. The number of halogens is 4. The van der Waals surface area contributed by atoms with Gasteiger partial charge in [0.2, 0.25) is 0 Å². The van der Waals surface area contributed by atoms with Crippen LogP contribution in [-0.4, -0.2) is 49.5 Å². The van der Waals surface area contributed by atoms with E-state index in [9.17, 15) is 22.4 Å². The molecule has 0 bridgehead atoms. The Labute approximate surface area is 223 Å². The van der Waals surface area contributed by atoms with E-state index in [1.165, 1.54) is 6.07 Å². The van der Waals surface area contributed by atoms with Crippen LogP contribution in [0.4, 0.5) is 22.4 Å². The standard InChI is InChI=1S/C28H43F4NO5/c1-25(2,3)38-24(34)33-27(19-36-26(4,5)37-20-27)15-14-21-12-13-23(22(18-21)28(30,31)32)35-17-11-9-7-6-8-10-16-29/h12-13,18H,6-11,14-17,19-20H2,1-5H3,(H,33,34). The van der Waals surface area contributed by atoms with E-state index in [4.69, 9.17) is 18.9 Å². The SMILES string of the molecule is CC(C)(C)OC(=O)NC1(CCc2ccc(OCCCCCCCCF)c(C(F)(F)F)c2)COC(C)(C)OC1. The number of ether oxygens (including phenoxy) is 4. The first-order valence-electron chi connectivity index (χ1n) is 13.3. The summed E-state index contributed by atoms with van der Waals surface area (Å²) in [5.41, 5.74) is -2.05. The fourth-order valence-corrected chi connectivity index (χ4v) is 4.06. The molecule has 0 aliphatic carbocycles. The number of nitrogens with one attached hydrogen (secondary N) is 1. The van der Waals surface area contributed by atoms with E-state index in [1.807, 2.05) is 0 Å². The van der Waals surface area contributed by atoms with Crippen molar-refractivity contribution in [3.63, 3.8) is 0 Å². The lowest BCUT2D eigenvalue weighted by Crippen LogP contribution is -2.61. The summed E-state index contributed by atoms with van der Waals surface area (Å²) in [6, 6.07) is 4.06. The highest BCUT2D eigenvalue weighted by Gasteiger charge is 2.42. The van der Waals surface area contributed by atoms with Gasteiger partial charge in [0.25, 0.3) is 0 Å². The predicted molar refractivity (Wildman–Crippen MR) is 137 cm³/mol. The number of alkyl halides is 4. The summed E-state index contributed by atoms with van der Waals surface area (Å²) >= 11 is 0. The van der Waals surface area contributed by atoms with Gasteiger partial charge < -0.3 is 24.3 Å². The molecule has 1 heterocycles. The van der Waals surface area contributed by atoms with Crippen LogP contribution in [0.1, 0.15) is 90.7 Å². The predicted octanol–water partition coefficient (Wildman–Crippen LogP) is 7.37. The van der Waals surface area contributed by atoms with Crippen LogP contribution < -0.4 is 10.1 Å². The molecule has 1 saturated heterocycles. The van der Waals surface area contributed by atoms with E-state index in [1.54, 1.807) is 40.7 Å². The second kappa shape index (κ2) is 13.8. The molecule has 10 heteroatoms. The van der Waals surface area contributed by atoms with Crippen LogP contribution in [0.15, 0.2) is 18.2 Å². The van der Waals surface area contributed by atoms with Crippen LogP contribution in [0.5, 0.6) is 5.75 Å². The van der Waals surface area contributed by atoms with Crippen molar-refractivity contribution in [3.05, 3.63) is 29.3 Å². The van der Waals surface area contributed by atoms with Crippen molar-refractivity contribution in [2.24, 2.45) is 0 Å². The second-order valence-electron chi connectivity index (χ2n) is 11.4. The molecule has 1 aliphatic heterocycles. The fraction of sp³-hybridized carbons (Fsp3) is 0.750. The summed E-state index contributed by atoms with van der Waals surface area (Å²) in [5.74, 6) is -1.04. The van der Waals surface area contributed by atoms with E-state index >= 15 is 0 Å². The molecule has 0 atom stereocenters. The monoisotopic (exact) mass is 549 g/mol. The fourth-order valence-electron chi connectivity index (χ4n) is 4.06. The Morgan fingerprint density at radius 2 is 1.61 bits per heavy atom. The zero-order valence-corrected chi connectivity index (χ0v) is 23.3. The van der Waals surface area contributed by atoms with Gasteiger partial charge >= 0.3 is 12.3 Å². The first-order chi connectivity index (χ1) is 17.6. The Morgan fingerprint density at radius 1 is 1.00 bits per heavy atom. The van der Waals surface area contributed by atoms with E-state index < -0.39 is 34.8 Å². The van der Waals surface area contributed by atoms with Crippen LogP contribution in [0, 0.1) is 0 Å². The number of benzene rings is 1. The van der Waals surface area contributed by atoms with Crippen LogP contribution in [-0.2, 0) is 26.8 Å². The van der Waals surface area contributed by atoms with Crippen LogP contribution in [0.3, 0.4) is 0 Å². The van der Waals surface area contributed by atoms with Crippen molar-refractivity contribution < 1.29 is 41.3 Å². The summed E-state index contributed by atoms with van der Waals surface area (Å²) in [5, 5.41) is 2.83. The Morgan fingerprint density at radius 3 is 2.18 bits per heavy atom. The highest BCUT2D eigenvalue weighted by atomic mass is 19.4. The number of hydrogen-bond donors (Lipinski definition) is 1. The van der Waals surface area contributed by atoms with E-state index in [2.05, 4.69) is 5.32 Å². The van der Waals surface area contributed by atoms with Gasteiger partial charge in [-0.3, -0.25) is 4.39 Å². The van der Waals surface area contributed by atoms with Crippen LogP contribution >= 0.6 is 0 Å². The quantitative estimate of drug-likeness (QED) is 0.206. The number of amides is 1. The first kappa shape index (κ1) is 32.1. The second-order valence-corrected chi connectivity index (χ2v) is 11.4. The molecule has 218 valence electrons. The van der Waals surface area contributed by atoms with Crippen LogP contribution in [0.25, 0.3) is 0 Å². The molecular formula is C28H43F4NO5. The average Bonchev–Trinajstić information content (AvgIpc) is 2.80. The average molecular weight is 550 g/mol. The minimum absolute atomic E-state index is 0.125. The number of carbonyl (C=O) groups is 1. The molecule has 1 aliphatic rings. The largest absolute Gasteiger partial charge is 0.493 e. The van der Waals surface area contributed by atoms with Gasteiger partial charge in [-0.05, 0) is 78.0 Å². The Bertz CT molecular complexity index is 873. The first-order valence-corrected chi connectivity index (χ1v) is 13.3. The van der Waals surface area contributed by atoms with Gasteiger partial charge in [-0.1, -0.05) is 31.7 Å². The third-order valence-corrected chi connectivity index (χ3v) is 6.19. The molecule has 1 N–H and O–H groups in total. The number of carbonyl (C=O) groups excluding carboxylic acids is 1. The lowest BCUT2D eigenvalue weighted by atomic mass is 9.91. The highest BCUT2D eigenvalue weighted by molar-refractivity contribution is 5.69. The number of aryl methyl sites for hydroxylation is 1. The number of rotatable bonds is 13. The number of unbranched alkanes of at least 4 members (excludes halogenated alkanes) is 5. The molecule has 2 rings (SSSR count). The maximum atomic E-state index is 13.8. The zero-order chi connectivity index (χ0) is 28.5. The molecule has 0 saturated carbocycles. The molecular weight excluding hydrogens is 506 g/mol. The molecule has 1 aromatic carbocycles. The third kappa shape index (κ3) is 11.4. The molecule has 1 fully saturated rings. The Balaban J connectivity index is 2.05. The minimum Gasteiger partial charge on any atom is -0.493 e. The molecule has 1 aromatic rings. The van der Waals surface area contributed by atoms with Crippen LogP contribution in [0.2, 0.25) is 0 Å². The van der Waals surface area contributed by atoms with Crippen molar-refractivity contribution in [1.82, 2.24) is 5.32 Å². The molecule has 1 amide bonds. The smallest absolute Gasteiger partial charge is 0.419 e. The van der Waals surface area contributed by atoms with E-state index in [0.717, 1.165) is 31.7 Å². The lowest BCUT2D eigenvalue weighted by Gasteiger charge is -2.44. The topological polar surface area (TPSA) is 66.0 Å². The van der Waals surface area contributed by atoms with Crippen molar-refractivity contribution in [1.29, 1.82) is 0 Å². The summed E-state index contributed by atoms with van der Waals surface area (Å²) in [6.07, 6.45) is -0.0773. The number of alkyl carbamates (subject to hydrolysis) is 1. The van der Waals surface area contributed by atoms with Crippen molar-refractivity contribution >= 4 is 6.09 Å². The third-order valence-electron chi connectivity index (χ3n) is 6.19. The minimum atomic E-state index is -4.58. The lowest BCUT2D eigenvalue weighted by molar-refractivity contribution is -0.271. The van der Waals surface area contributed by atoms with Gasteiger partial charge in [0.1, 0.15) is 11.4 Å². The van der Waals surface area contributed by atoms with E-state index in [0.29, 0.717) is 18.4 Å². The molecule has 38 heavy (non-hydrogen) atoms.